The number of hydrogen-bond acceptors (Lipinski definition) is 4. The maximum Gasteiger partial charge on any atom is 0.183 e. The number of halogens is 1. The van der Waals surface area contributed by atoms with Crippen LogP contribution in [0, 0.1) is 6.92 Å². The summed E-state index contributed by atoms with van der Waals surface area (Å²) in [6, 6.07) is 3.80. The van der Waals surface area contributed by atoms with Crippen LogP contribution < -0.4 is 0 Å². The van der Waals surface area contributed by atoms with Crippen molar-refractivity contribution in [2.75, 3.05) is 0 Å². The first-order chi connectivity index (χ1) is 9.66. The topological polar surface area (TPSA) is 56.5 Å². The minimum atomic E-state index is 0.553. The lowest BCUT2D eigenvalue weighted by Gasteiger charge is -2.02. The molecule has 3 aromatic rings. The van der Waals surface area contributed by atoms with Crippen molar-refractivity contribution in [2.45, 2.75) is 6.92 Å². The molecule has 0 spiro atoms. The van der Waals surface area contributed by atoms with Crippen molar-refractivity contribution in [1.82, 2.24) is 24.7 Å². The average molecular weight is 286 g/mol. The van der Waals surface area contributed by atoms with Crippen molar-refractivity contribution in [3.05, 3.63) is 47.5 Å². The Hall–Kier alpha value is -2.27. The molecule has 0 atom stereocenters. The van der Waals surface area contributed by atoms with E-state index >= 15 is 0 Å². The van der Waals surface area contributed by atoms with Gasteiger partial charge < -0.3 is 0 Å². The molecule has 20 heavy (non-hydrogen) atoms. The van der Waals surface area contributed by atoms with Crippen molar-refractivity contribution in [3.63, 3.8) is 0 Å². The fourth-order valence-electron chi connectivity index (χ4n) is 2.06. The van der Waals surface area contributed by atoms with Gasteiger partial charge >= 0.3 is 0 Å². The second-order valence-electron chi connectivity index (χ2n) is 4.43. The van der Waals surface area contributed by atoms with Crippen LogP contribution in [-0.4, -0.2) is 24.7 Å². The molecular weight excluding hydrogens is 274 g/mol. The van der Waals surface area contributed by atoms with Gasteiger partial charge in [0.05, 0.1) is 5.02 Å². The Labute approximate surface area is 121 Å². The lowest BCUT2D eigenvalue weighted by atomic mass is 10.1. The van der Waals surface area contributed by atoms with Crippen molar-refractivity contribution >= 4 is 11.6 Å². The zero-order valence-corrected chi connectivity index (χ0v) is 11.8. The first-order valence-corrected chi connectivity index (χ1v) is 6.46. The van der Waals surface area contributed by atoms with Crippen molar-refractivity contribution in [1.29, 1.82) is 0 Å². The van der Waals surface area contributed by atoms with Gasteiger partial charge in [-0.25, -0.2) is 9.67 Å². The maximum atomic E-state index is 6.21. The number of rotatable bonds is 2. The van der Waals surface area contributed by atoms with E-state index in [1.165, 1.54) is 0 Å². The Balaban J connectivity index is 2.15. The third kappa shape index (κ3) is 2.16. The van der Waals surface area contributed by atoms with E-state index < -0.39 is 0 Å². The van der Waals surface area contributed by atoms with E-state index in [2.05, 4.69) is 20.1 Å². The van der Waals surface area contributed by atoms with E-state index in [4.69, 9.17) is 11.6 Å². The smallest absolute Gasteiger partial charge is 0.183 e. The second-order valence-corrected chi connectivity index (χ2v) is 4.84. The average Bonchev–Trinajstić information content (AvgIpc) is 2.81. The van der Waals surface area contributed by atoms with Crippen LogP contribution >= 0.6 is 11.6 Å². The van der Waals surface area contributed by atoms with E-state index in [0.717, 1.165) is 22.5 Å². The molecule has 3 rings (SSSR count). The summed E-state index contributed by atoms with van der Waals surface area (Å²) in [6.07, 6.45) is 6.82. The van der Waals surface area contributed by atoms with Gasteiger partial charge in [0.1, 0.15) is 0 Å². The predicted molar refractivity (Wildman–Crippen MR) is 77.2 cm³/mol. The van der Waals surface area contributed by atoms with E-state index in [0.29, 0.717) is 10.8 Å². The third-order valence-corrected chi connectivity index (χ3v) is 3.30. The molecule has 0 aliphatic carbocycles. The van der Waals surface area contributed by atoms with E-state index in [1.807, 2.05) is 26.1 Å². The van der Waals surface area contributed by atoms with Gasteiger partial charge in [-0.1, -0.05) is 11.6 Å². The van der Waals surface area contributed by atoms with Crippen LogP contribution in [0.1, 0.15) is 5.56 Å². The van der Waals surface area contributed by atoms with Crippen LogP contribution in [0.2, 0.25) is 5.02 Å². The summed E-state index contributed by atoms with van der Waals surface area (Å²) < 4.78 is 1.74. The Bertz CT molecular complexity index is 731. The Kier molecular flexibility index (Phi) is 3.20. The molecule has 3 heterocycles. The van der Waals surface area contributed by atoms with Gasteiger partial charge in [0.25, 0.3) is 0 Å². The van der Waals surface area contributed by atoms with Gasteiger partial charge in [0.15, 0.2) is 11.6 Å². The SMILES string of the molecule is Cc1cncc(Cl)c1-c1nc(-c2ccncc2)n(C)n1. The summed E-state index contributed by atoms with van der Waals surface area (Å²) in [6.45, 7) is 1.94. The standard InChI is InChI=1S/C14H12ClN5/c1-9-7-17-8-11(15)12(9)13-18-14(20(2)19-13)10-3-5-16-6-4-10/h3-8H,1-2H3. The maximum absolute atomic E-state index is 6.21. The monoisotopic (exact) mass is 285 g/mol. The highest BCUT2D eigenvalue weighted by Crippen LogP contribution is 2.29. The fourth-order valence-corrected chi connectivity index (χ4v) is 2.35. The van der Waals surface area contributed by atoms with Gasteiger partial charge in [-0.2, -0.15) is 5.10 Å². The molecular formula is C14H12ClN5. The summed E-state index contributed by atoms with van der Waals surface area (Å²) >= 11 is 6.21. The predicted octanol–water partition coefficient (Wildman–Crippen LogP) is 2.90. The molecule has 5 nitrogen and oxygen atoms in total. The van der Waals surface area contributed by atoms with Crippen LogP contribution in [-0.2, 0) is 7.05 Å². The first-order valence-electron chi connectivity index (χ1n) is 6.08. The third-order valence-electron chi connectivity index (χ3n) is 3.01. The number of hydrogen-bond donors (Lipinski definition) is 0. The van der Waals surface area contributed by atoms with E-state index in [1.54, 1.807) is 29.5 Å². The number of nitrogens with zero attached hydrogens (tertiary/aromatic N) is 5. The van der Waals surface area contributed by atoms with Crippen LogP contribution in [0.5, 0.6) is 0 Å². The molecule has 0 N–H and O–H groups in total. The molecule has 0 unspecified atom stereocenters. The largest absolute Gasteiger partial charge is 0.265 e. The first kappa shape index (κ1) is 12.7. The Morgan fingerprint density at radius 3 is 2.55 bits per heavy atom. The summed E-state index contributed by atoms with van der Waals surface area (Å²) in [4.78, 5) is 12.6. The van der Waals surface area contributed by atoms with Crippen LogP contribution in [0.25, 0.3) is 22.8 Å². The molecule has 0 amide bonds. The van der Waals surface area contributed by atoms with Crippen LogP contribution in [0.4, 0.5) is 0 Å². The molecule has 0 saturated heterocycles. The minimum Gasteiger partial charge on any atom is -0.265 e. The van der Waals surface area contributed by atoms with E-state index in [-0.39, 0.29) is 0 Å². The minimum absolute atomic E-state index is 0.553. The van der Waals surface area contributed by atoms with Gasteiger partial charge in [-0.3, -0.25) is 9.97 Å². The van der Waals surface area contributed by atoms with Gasteiger partial charge in [0.2, 0.25) is 0 Å². The molecule has 100 valence electrons. The quantitative estimate of drug-likeness (QED) is 0.726. The Morgan fingerprint density at radius 2 is 1.85 bits per heavy atom. The Morgan fingerprint density at radius 1 is 1.10 bits per heavy atom. The van der Waals surface area contributed by atoms with Crippen molar-refractivity contribution in [3.8, 4) is 22.8 Å². The van der Waals surface area contributed by atoms with Gasteiger partial charge in [-0.15, -0.1) is 0 Å². The molecule has 0 aromatic carbocycles. The fraction of sp³-hybridized carbons (Fsp3) is 0.143. The summed E-state index contributed by atoms with van der Waals surface area (Å²) in [5.41, 5.74) is 2.73. The highest BCUT2D eigenvalue weighted by Gasteiger charge is 2.15. The van der Waals surface area contributed by atoms with Crippen molar-refractivity contribution < 1.29 is 0 Å². The normalized spacial score (nSPS) is 10.8. The summed E-state index contributed by atoms with van der Waals surface area (Å²) in [7, 11) is 1.86. The lowest BCUT2D eigenvalue weighted by Crippen LogP contribution is -1.94. The molecule has 6 heteroatoms. The van der Waals surface area contributed by atoms with Crippen molar-refractivity contribution in [2.24, 2.45) is 7.05 Å². The molecule has 3 aromatic heterocycles. The molecule has 0 bridgehead atoms. The molecule has 0 radical (unpaired) electrons. The number of pyridine rings is 2. The van der Waals surface area contributed by atoms with Gasteiger partial charge in [-0.05, 0) is 24.6 Å². The molecule has 0 fully saturated rings. The number of aryl methyl sites for hydroxylation is 2. The molecule has 0 aliphatic heterocycles. The van der Waals surface area contributed by atoms with Crippen LogP contribution in [0.15, 0.2) is 36.9 Å². The molecule has 0 saturated carbocycles. The second kappa shape index (κ2) is 5.02. The summed E-state index contributed by atoms with van der Waals surface area (Å²) in [5.74, 6) is 1.37. The highest BCUT2D eigenvalue weighted by atomic mass is 35.5. The van der Waals surface area contributed by atoms with Crippen LogP contribution in [0.3, 0.4) is 0 Å². The zero-order valence-electron chi connectivity index (χ0n) is 11.1. The molecule has 0 aliphatic rings. The lowest BCUT2D eigenvalue weighted by molar-refractivity contribution is 0.777. The highest BCUT2D eigenvalue weighted by molar-refractivity contribution is 6.33. The summed E-state index contributed by atoms with van der Waals surface area (Å²) in [5, 5.41) is 5.00. The number of aromatic nitrogens is 5. The van der Waals surface area contributed by atoms with Gasteiger partial charge in [0, 0.05) is 43.0 Å². The van der Waals surface area contributed by atoms with E-state index in [9.17, 15) is 0 Å². The zero-order chi connectivity index (χ0) is 14.1.